The van der Waals surface area contributed by atoms with Crippen molar-refractivity contribution in [3.8, 4) is 17.0 Å². The highest BCUT2D eigenvalue weighted by Gasteiger charge is 2.17. The molecule has 0 radical (unpaired) electrons. The van der Waals surface area contributed by atoms with Crippen LogP contribution in [0.15, 0.2) is 24.3 Å². The first-order valence-electron chi connectivity index (χ1n) is 6.16. The molecule has 1 aromatic heterocycles. The number of carbonyl (C=O) groups is 2. The summed E-state index contributed by atoms with van der Waals surface area (Å²) in [5.41, 5.74) is 12.9. The van der Waals surface area contributed by atoms with Gasteiger partial charge in [-0.15, -0.1) is 0 Å². The van der Waals surface area contributed by atoms with E-state index in [1.165, 1.54) is 0 Å². The first-order valence-corrected chi connectivity index (χ1v) is 6.16. The van der Waals surface area contributed by atoms with Crippen LogP contribution in [0.5, 0.6) is 5.75 Å². The Morgan fingerprint density at radius 2 is 1.95 bits per heavy atom. The molecular weight excluding hydrogens is 272 g/mol. The molecule has 21 heavy (non-hydrogen) atoms. The van der Waals surface area contributed by atoms with Gasteiger partial charge in [0.05, 0.1) is 18.4 Å². The lowest BCUT2D eigenvalue weighted by molar-refractivity contribution is 0.100. The van der Waals surface area contributed by atoms with Crippen molar-refractivity contribution >= 4 is 17.8 Å². The fraction of sp³-hybridized carbons (Fsp3) is 0.143. The third-order valence-electron chi connectivity index (χ3n) is 2.98. The number of benzene rings is 1. The fourth-order valence-electron chi connectivity index (χ4n) is 2.04. The number of ether oxygens (including phenoxy) is 1. The van der Waals surface area contributed by atoms with Crippen LogP contribution in [0.4, 0.5) is 10.6 Å². The number of aromatic nitrogens is 1. The van der Waals surface area contributed by atoms with E-state index in [1.54, 1.807) is 13.2 Å². The second-order valence-electron chi connectivity index (χ2n) is 4.53. The van der Waals surface area contributed by atoms with E-state index in [0.717, 1.165) is 11.1 Å². The summed E-state index contributed by atoms with van der Waals surface area (Å²) < 4.78 is 5.32. The molecule has 110 valence electrons. The summed E-state index contributed by atoms with van der Waals surface area (Å²) in [4.78, 5) is 25.3. The number of carbonyl (C=O) groups excluding carboxylic acids is 2. The maximum Gasteiger partial charge on any atom is 0.317 e. The average Bonchev–Trinajstić information content (AvgIpc) is 2.81. The molecule has 7 heteroatoms. The predicted molar refractivity (Wildman–Crippen MR) is 79.2 cm³/mol. The Morgan fingerprint density at radius 1 is 1.24 bits per heavy atom. The van der Waals surface area contributed by atoms with Crippen molar-refractivity contribution in [1.29, 1.82) is 0 Å². The zero-order valence-electron chi connectivity index (χ0n) is 11.7. The van der Waals surface area contributed by atoms with Gasteiger partial charge >= 0.3 is 6.03 Å². The number of urea groups is 1. The maximum absolute atomic E-state index is 11.4. The van der Waals surface area contributed by atoms with E-state index in [0.29, 0.717) is 11.4 Å². The number of rotatable bonds is 4. The zero-order valence-corrected chi connectivity index (χ0v) is 11.7. The van der Waals surface area contributed by atoms with Gasteiger partial charge in [0.2, 0.25) is 0 Å². The van der Waals surface area contributed by atoms with E-state index in [-0.39, 0.29) is 11.4 Å². The topological polar surface area (TPSA) is 123 Å². The summed E-state index contributed by atoms with van der Waals surface area (Å²) in [6.07, 6.45) is 0. The zero-order chi connectivity index (χ0) is 15.6. The lowest BCUT2D eigenvalue weighted by atomic mass is 10.1. The molecule has 0 saturated heterocycles. The minimum absolute atomic E-state index is 0.145. The minimum Gasteiger partial charge on any atom is -0.496 e. The van der Waals surface area contributed by atoms with E-state index in [1.807, 2.05) is 25.1 Å². The molecule has 2 aromatic rings. The van der Waals surface area contributed by atoms with Crippen LogP contribution < -0.4 is 21.5 Å². The lowest BCUT2D eigenvalue weighted by Gasteiger charge is -2.08. The van der Waals surface area contributed by atoms with Gasteiger partial charge in [0.1, 0.15) is 11.6 Å². The Morgan fingerprint density at radius 3 is 2.52 bits per heavy atom. The summed E-state index contributed by atoms with van der Waals surface area (Å²) in [6.45, 7) is 1.94. The summed E-state index contributed by atoms with van der Waals surface area (Å²) >= 11 is 0. The highest BCUT2D eigenvalue weighted by Crippen LogP contribution is 2.32. The standard InChI is InChI=1S/C14H16N4O3/c1-7-3-4-8(11(5-7)21-2)10-6-9(12(15)19)13(17-10)18-14(16)20/h3-6,17H,1-2H3,(H2,15,19)(H3,16,18,20). The molecule has 7 nitrogen and oxygen atoms in total. The number of H-pyrrole nitrogens is 1. The Hall–Kier alpha value is -2.96. The van der Waals surface area contributed by atoms with E-state index in [2.05, 4.69) is 10.3 Å². The van der Waals surface area contributed by atoms with Crippen LogP contribution in [-0.4, -0.2) is 24.0 Å². The van der Waals surface area contributed by atoms with E-state index in [4.69, 9.17) is 16.2 Å². The van der Waals surface area contributed by atoms with Crippen molar-refractivity contribution < 1.29 is 14.3 Å². The van der Waals surface area contributed by atoms with Crippen molar-refractivity contribution in [2.24, 2.45) is 11.5 Å². The molecule has 0 saturated carbocycles. The molecule has 2 rings (SSSR count). The molecule has 1 aromatic carbocycles. The Kier molecular flexibility index (Phi) is 3.84. The number of nitrogens with one attached hydrogen (secondary N) is 2. The summed E-state index contributed by atoms with van der Waals surface area (Å²) in [6, 6.07) is 6.37. The summed E-state index contributed by atoms with van der Waals surface area (Å²) in [5, 5.41) is 2.34. The van der Waals surface area contributed by atoms with Gasteiger partial charge in [0, 0.05) is 5.56 Å². The van der Waals surface area contributed by atoms with Crippen molar-refractivity contribution in [2.45, 2.75) is 6.92 Å². The largest absolute Gasteiger partial charge is 0.496 e. The van der Waals surface area contributed by atoms with Crippen LogP contribution in [0.3, 0.4) is 0 Å². The molecule has 0 aliphatic heterocycles. The lowest BCUT2D eigenvalue weighted by Crippen LogP contribution is -2.22. The van der Waals surface area contributed by atoms with E-state index < -0.39 is 11.9 Å². The van der Waals surface area contributed by atoms with Crippen molar-refractivity contribution in [3.63, 3.8) is 0 Å². The number of aryl methyl sites for hydroxylation is 1. The van der Waals surface area contributed by atoms with Gasteiger partial charge < -0.3 is 21.2 Å². The third kappa shape index (κ3) is 2.97. The molecule has 3 amide bonds. The molecule has 1 heterocycles. The van der Waals surface area contributed by atoms with Crippen LogP contribution in [0.2, 0.25) is 0 Å². The Labute approximate surface area is 121 Å². The van der Waals surface area contributed by atoms with Gasteiger partial charge in [-0.05, 0) is 30.7 Å². The van der Waals surface area contributed by atoms with Gasteiger partial charge in [0.15, 0.2) is 0 Å². The minimum atomic E-state index is -0.790. The molecule has 0 aliphatic rings. The molecule has 0 atom stereocenters. The highest BCUT2D eigenvalue weighted by atomic mass is 16.5. The summed E-state index contributed by atoms with van der Waals surface area (Å²) in [5.74, 6) is 0.123. The predicted octanol–water partition coefficient (Wildman–Crippen LogP) is 1.59. The van der Waals surface area contributed by atoms with Crippen LogP contribution in [0, 0.1) is 6.92 Å². The first kappa shape index (κ1) is 14.4. The average molecular weight is 288 g/mol. The highest BCUT2D eigenvalue weighted by molar-refractivity contribution is 6.03. The monoisotopic (exact) mass is 288 g/mol. The number of hydrogen-bond donors (Lipinski definition) is 4. The number of nitrogens with two attached hydrogens (primary N) is 2. The second-order valence-corrected chi connectivity index (χ2v) is 4.53. The number of hydrogen-bond acceptors (Lipinski definition) is 3. The van der Waals surface area contributed by atoms with Crippen molar-refractivity contribution in [3.05, 3.63) is 35.4 Å². The Bertz CT molecular complexity index is 706. The number of methoxy groups -OCH3 is 1. The fourth-order valence-corrected chi connectivity index (χ4v) is 2.04. The van der Waals surface area contributed by atoms with E-state index >= 15 is 0 Å². The van der Waals surface area contributed by atoms with Crippen LogP contribution in [0.1, 0.15) is 15.9 Å². The van der Waals surface area contributed by atoms with Crippen LogP contribution in [0.25, 0.3) is 11.3 Å². The molecule has 0 unspecified atom stereocenters. The quantitative estimate of drug-likeness (QED) is 0.683. The van der Waals surface area contributed by atoms with Crippen LogP contribution >= 0.6 is 0 Å². The molecular formula is C14H16N4O3. The van der Waals surface area contributed by atoms with Gasteiger partial charge in [-0.25, -0.2) is 4.79 Å². The normalized spacial score (nSPS) is 10.2. The second kappa shape index (κ2) is 5.58. The third-order valence-corrected chi connectivity index (χ3v) is 2.98. The summed E-state index contributed by atoms with van der Waals surface area (Å²) in [7, 11) is 1.55. The first-order chi connectivity index (χ1) is 9.92. The van der Waals surface area contributed by atoms with Crippen molar-refractivity contribution in [2.75, 3.05) is 12.4 Å². The number of anilines is 1. The van der Waals surface area contributed by atoms with Crippen molar-refractivity contribution in [1.82, 2.24) is 4.98 Å². The number of aromatic amines is 1. The van der Waals surface area contributed by atoms with E-state index in [9.17, 15) is 9.59 Å². The van der Waals surface area contributed by atoms with Gasteiger partial charge in [-0.2, -0.15) is 0 Å². The Balaban J connectivity index is 2.54. The van der Waals surface area contributed by atoms with Gasteiger partial charge in [-0.1, -0.05) is 6.07 Å². The molecule has 0 spiro atoms. The molecule has 0 fully saturated rings. The smallest absolute Gasteiger partial charge is 0.317 e. The number of primary amides is 2. The molecule has 6 N–H and O–H groups in total. The molecule has 0 aliphatic carbocycles. The maximum atomic E-state index is 11.4. The SMILES string of the molecule is COc1cc(C)ccc1-c1cc(C(N)=O)c(NC(N)=O)[nH]1. The van der Waals surface area contributed by atoms with Gasteiger partial charge in [-0.3, -0.25) is 10.1 Å². The van der Waals surface area contributed by atoms with Crippen LogP contribution in [-0.2, 0) is 0 Å². The van der Waals surface area contributed by atoms with Gasteiger partial charge in [0.25, 0.3) is 5.91 Å². The molecule has 0 bridgehead atoms. The number of amides is 3.